The van der Waals surface area contributed by atoms with Crippen LogP contribution in [0.25, 0.3) is 11.0 Å². The molecular formula is C16H24ClNO3. The van der Waals surface area contributed by atoms with E-state index in [4.69, 9.17) is 9.15 Å². The molecule has 1 heterocycles. The maximum atomic E-state index is 11.6. The van der Waals surface area contributed by atoms with Crippen LogP contribution in [-0.4, -0.2) is 13.7 Å². The van der Waals surface area contributed by atoms with Crippen LogP contribution in [0.3, 0.4) is 0 Å². The van der Waals surface area contributed by atoms with Crippen LogP contribution in [0.2, 0.25) is 0 Å². The van der Waals surface area contributed by atoms with Gasteiger partial charge in [0.15, 0.2) is 0 Å². The number of halogens is 1. The van der Waals surface area contributed by atoms with E-state index in [-0.39, 0.29) is 18.0 Å². The molecule has 2 N–H and O–H groups in total. The molecule has 2 rings (SSSR count). The van der Waals surface area contributed by atoms with Gasteiger partial charge in [-0.05, 0) is 45.0 Å². The minimum absolute atomic E-state index is 0. The quantitative estimate of drug-likeness (QED) is 0.692. The van der Waals surface area contributed by atoms with Gasteiger partial charge in [0, 0.05) is 17.0 Å². The molecule has 2 aromatic rings. The number of aryl methyl sites for hydroxylation is 1. The lowest BCUT2D eigenvalue weighted by molar-refractivity contribution is 0.309. The van der Waals surface area contributed by atoms with Crippen LogP contribution >= 0.6 is 12.4 Å². The smallest absolute Gasteiger partial charge is 0.339 e. The van der Waals surface area contributed by atoms with E-state index in [1.54, 1.807) is 13.0 Å². The first-order chi connectivity index (χ1) is 9.63. The molecule has 21 heavy (non-hydrogen) atoms. The van der Waals surface area contributed by atoms with E-state index in [2.05, 4.69) is 12.7 Å². The molecule has 1 aromatic heterocycles. The van der Waals surface area contributed by atoms with Crippen molar-refractivity contribution in [1.29, 1.82) is 0 Å². The largest absolute Gasteiger partial charge is 0.493 e. The Morgan fingerprint density at radius 1 is 1.19 bits per heavy atom. The SMILES string of the molecule is CCCCOc1ccc2c(C)c(C)c(=O)oc2c1.CN.Cl. The highest BCUT2D eigenvalue weighted by Crippen LogP contribution is 2.23. The Kier molecular flexibility index (Phi) is 8.74. The molecule has 0 fully saturated rings. The third-order valence-electron chi connectivity index (χ3n) is 3.20. The summed E-state index contributed by atoms with van der Waals surface area (Å²) < 4.78 is 10.9. The van der Waals surface area contributed by atoms with E-state index in [0.717, 1.165) is 29.5 Å². The molecule has 0 amide bonds. The summed E-state index contributed by atoms with van der Waals surface area (Å²) in [6, 6.07) is 5.66. The van der Waals surface area contributed by atoms with E-state index in [0.29, 0.717) is 17.8 Å². The Morgan fingerprint density at radius 2 is 1.86 bits per heavy atom. The summed E-state index contributed by atoms with van der Waals surface area (Å²) in [5, 5.41) is 0.968. The first kappa shape index (κ1) is 19.5. The number of hydrogen-bond donors (Lipinski definition) is 1. The fraction of sp³-hybridized carbons (Fsp3) is 0.438. The van der Waals surface area contributed by atoms with Crippen LogP contribution < -0.4 is 16.1 Å². The van der Waals surface area contributed by atoms with Gasteiger partial charge in [0.2, 0.25) is 0 Å². The van der Waals surface area contributed by atoms with Gasteiger partial charge in [-0.1, -0.05) is 13.3 Å². The van der Waals surface area contributed by atoms with Crippen LogP contribution in [0.5, 0.6) is 5.75 Å². The molecular weight excluding hydrogens is 290 g/mol. The van der Waals surface area contributed by atoms with Crippen LogP contribution in [-0.2, 0) is 0 Å². The summed E-state index contributed by atoms with van der Waals surface area (Å²) in [6.45, 7) is 6.53. The van der Waals surface area contributed by atoms with Gasteiger partial charge in [-0.3, -0.25) is 0 Å². The average molecular weight is 314 g/mol. The zero-order valence-corrected chi connectivity index (χ0v) is 13.9. The van der Waals surface area contributed by atoms with E-state index < -0.39 is 0 Å². The molecule has 0 aliphatic heterocycles. The molecule has 0 atom stereocenters. The molecule has 5 heteroatoms. The maximum absolute atomic E-state index is 11.6. The third kappa shape index (κ3) is 4.76. The summed E-state index contributed by atoms with van der Waals surface area (Å²) in [5.41, 5.74) is 6.46. The molecule has 0 unspecified atom stereocenters. The van der Waals surface area contributed by atoms with E-state index in [1.165, 1.54) is 7.05 Å². The Morgan fingerprint density at radius 3 is 2.48 bits per heavy atom. The van der Waals surface area contributed by atoms with Crippen molar-refractivity contribution in [3.8, 4) is 5.75 Å². The van der Waals surface area contributed by atoms with Gasteiger partial charge in [-0.15, -0.1) is 12.4 Å². The zero-order valence-electron chi connectivity index (χ0n) is 13.1. The first-order valence-corrected chi connectivity index (χ1v) is 6.88. The molecule has 4 nitrogen and oxygen atoms in total. The molecule has 1 aromatic carbocycles. The lowest BCUT2D eigenvalue weighted by Gasteiger charge is -2.08. The number of fused-ring (bicyclic) bond motifs is 1. The summed E-state index contributed by atoms with van der Waals surface area (Å²) >= 11 is 0. The third-order valence-corrected chi connectivity index (χ3v) is 3.20. The van der Waals surface area contributed by atoms with Gasteiger partial charge >= 0.3 is 5.63 Å². The highest BCUT2D eigenvalue weighted by Gasteiger charge is 2.08. The summed E-state index contributed by atoms with van der Waals surface area (Å²) in [4.78, 5) is 11.6. The van der Waals surface area contributed by atoms with Crippen molar-refractivity contribution in [1.82, 2.24) is 0 Å². The molecule has 118 valence electrons. The second kappa shape index (κ2) is 9.42. The minimum Gasteiger partial charge on any atom is -0.493 e. The van der Waals surface area contributed by atoms with Gasteiger partial charge in [0.05, 0.1) is 6.61 Å². The lowest BCUT2D eigenvalue weighted by Crippen LogP contribution is -2.05. The molecule has 0 saturated carbocycles. The molecule has 0 aliphatic carbocycles. The van der Waals surface area contributed by atoms with Gasteiger partial charge in [-0.2, -0.15) is 0 Å². The van der Waals surface area contributed by atoms with Gasteiger partial charge < -0.3 is 14.9 Å². The molecule has 0 saturated heterocycles. The minimum atomic E-state index is -0.272. The van der Waals surface area contributed by atoms with Crippen LogP contribution in [0, 0.1) is 13.8 Å². The van der Waals surface area contributed by atoms with E-state index in [1.807, 2.05) is 19.1 Å². The Hall–Kier alpha value is -1.52. The second-order valence-electron chi connectivity index (χ2n) is 4.50. The fourth-order valence-electron chi connectivity index (χ4n) is 1.85. The van der Waals surface area contributed by atoms with Gasteiger partial charge in [-0.25, -0.2) is 4.79 Å². The highest BCUT2D eigenvalue weighted by atomic mass is 35.5. The summed E-state index contributed by atoms with van der Waals surface area (Å²) in [6.07, 6.45) is 2.12. The predicted molar refractivity (Wildman–Crippen MR) is 89.7 cm³/mol. The van der Waals surface area contributed by atoms with E-state index >= 15 is 0 Å². The highest BCUT2D eigenvalue weighted by molar-refractivity contribution is 5.85. The zero-order chi connectivity index (χ0) is 15.1. The van der Waals surface area contributed by atoms with Crippen molar-refractivity contribution in [3.63, 3.8) is 0 Å². The molecule has 0 bridgehead atoms. The van der Waals surface area contributed by atoms with Crippen LogP contribution in [0.15, 0.2) is 27.4 Å². The summed E-state index contributed by atoms with van der Waals surface area (Å²) in [7, 11) is 1.50. The van der Waals surface area contributed by atoms with Crippen molar-refractivity contribution >= 4 is 23.4 Å². The van der Waals surface area contributed by atoms with Crippen molar-refractivity contribution < 1.29 is 9.15 Å². The van der Waals surface area contributed by atoms with Gasteiger partial charge in [0.25, 0.3) is 0 Å². The predicted octanol–water partition coefficient (Wildman–Crippen LogP) is 3.59. The van der Waals surface area contributed by atoms with Crippen LogP contribution in [0.1, 0.15) is 30.9 Å². The average Bonchev–Trinajstić information content (AvgIpc) is 2.47. The number of ether oxygens (including phenoxy) is 1. The monoisotopic (exact) mass is 313 g/mol. The topological polar surface area (TPSA) is 65.5 Å². The second-order valence-corrected chi connectivity index (χ2v) is 4.50. The van der Waals surface area contributed by atoms with Crippen molar-refractivity contribution in [2.75, 3.05) is 13.7 Å². The number of unbranched alkanes of at least 4 members (excludes halogenated alkanes) is 1. The standard InChI is InChI=1S/C15H18O3.CH5N.ClH/c1-4-5-8-17-12-6-7-13-10(2)11(3)15(16)18-14(13)9-12;1-2;/h6-7,9H,4-5,8H2,1-3H3;2H2,1H3;1H. The van der Waals surface area contributed by atoms with Crippen molar-refractivity contribution in [3.05, 3.63) is 39.7 Å². The molecule has 0 aliphatic rings. The Bertz CT molecular complexity index is 623. The normalized spacial score (nSPS) is 9.57. The summed E-state index contributed by atoms with van der Waals surface area (Å²) in [5.74, 6) is 0.752. The lowest BCUT2D eigenvalue weighted by atomic mass is 10.1. The number of hydrogen-bond acceptors (Lipinski definition) is 4. The fourth-order valence-corrected chi connectivity index (χ4v) is 1.85. The van der Waals surface area contributed by atoms with Crippen molar-refractivity contribution in [2.45, 2.75) is 33.6 Å². The number of benzene rings is 1. The van der Waals surface area contributed by atoms with Gasteiger partial charge in [0.1, 0.15) is 11.3 Å². The Labute approximate surface area is 131 Å². The van der Waals surface area contributed by atoms with Crippen LogP contribution in [0.4, 0.5) is 0 Å². The molecule has 0 radical (unpaired) electrons. The number of nitrogens with two attached hydrogens (primary N) is 1. The first-order valence-electron chi connectivity index (χ1n) is 6.88. The number of rotatable bonds is 4. The van der Waals surface area contributed by atoms with Crippen molar-refractivity contribution in [2.24, 2.45) is 5.73 Å². The van der Waals surface area contributed by atoms with E-state index in [9.17, 15) is 4.79 Å². The molecule has 0 spiro atoms. The Balaban J connectivity index is 0.00000128. The maximum Gasteiger partial charge on any atom is 0.339 e.